The Morgan fingerprint density at radius 3 is 2.36 bits per heavy atom. The largest absolute Gasteiger partial charge is 0.489 e. The number of hydrogen-bond donors (Lipinski definition) is 3. The second-order valence-corrected chi connectivity index (χ2v) is 6.71. The molecular formula is C21H24O7. The van der Waals surface area contributed by atoms with Gasteiger partial charge in [0.15, 0.2) is 6.10 Å². The Labute approximate surface area is 163 Å². The van der Waals surface area contributed by atoms with Crippen LogP contribution in [-0.4, -0.2) is 58.4 Å². The molecular weight excluding hydrogens is 364 g/mol. The van der Waals surface area contributed by atoms with Gasteiger partial charge in [-0.2, -0.15) is 0 Å². The molecule has 0 aromatic heterocycles. The molecule has 3 rings (SSSR count). The van der Waals surface area contributed by atoms with E-state index in [1.54, 1.807) is 31.2 Å². The smallest absolute Gasteiger partial charge is 0.338 e. The van der Waals surface area contributed by atoms with Gasteiger partial charge in [-0.1, -0.05) is 30.3 Å². The van der Waals surface area contributed by atoms with Crippen molar-refractivity contribution in [3.63, 3.8) is 0 Å². The lowest BCUT2D eigenvalue weighted by Gasteiger charge is -2.40. The van der Waals surface area contributed by atoms with E-state index in [4.69, 9.17) is 14.2 Å². The van der Waals surface area contributed by atoms with Crippen LogP contribution in [0, 0.1) is 0 Å². The Kier molecular flexibility index (Phi) is 6.64. The van der Waals surface area contributed by atoms with E-state index >= 15 is 0 Å². The van der Waals surface area contributed by atoms with Gasteiger partial charge in [0.2, 0.25) is 0 Å². The highest BCUT2D eigenvalue weighted by Crippen LogP contribution is 2.24. The van der Waals surface area contributed by atoms with Gasteiger partial charge < -0.3 is 29.5 Å². The molecule has 1 saturated heterocycles. The number of carbonyl (C=O) groups excluding carboxylic acids is 1. The first kappa shape index (κ1) is 20.3. The number of benzene rings is 2. The van der Waals surface area contributed by atoms with Gasteiger partial charge >= 0.3 is 5.97 Å². The molecule has 28 heavy (non-hydrogen) atoms. The van der Waals surface area contributed by atoms with Crippen molar-refractivity contribution in [1.29, 1.82) is 0 Å². The molecule has 0 saturated carbocycles. The Bertz CT molecular complexity index is 762. The van der Waals surface area contributed by atoms with Crippen LogP contribution in [0.2, 0.25) is 0 Å². The van der Waals surface area contributed by atoms with E-state index in [1.165, 1.54) is 0 Å². The molecule has 1 unspecified atom stereocenters. The number of carbonyl (C=O) groups is 1. The van der Waals surface area contributed by atoms with Crippen molar-refractivity contribution in [2.24, 2.45) is 0 Å². The van der Waals surface area contributed by atoms with Gasteiger partial charge in [0.25, 0.3) is 0 Å². The van der Waals surface area contributed by atoms with Gasteiger partial charge in [0.1, 0.15) is 30.7 Å². The minimum absolute atomic E-state index is 0.256. The SMILES string of the molecule is CC1O[C@H](CO)[C@@H](O)[C@H](OC(=O)c2ccc(OCc3ccccc3)cc2)[C@H]1O. The minimum atomic E-state index is -1.33. The molecule has 0 spiro atoms. The highest BCUT2D eigenvalue weighted by atomic mass is 16.6. The van der Waals surface area contributed by atoms with Crippen molar-refractivity contribution in [3.8, 4) is 5.75 Å². The second-order valence-electron chi connectivity index (χ2n) is 6.71. The predicted octanol–water partition coefficient (Wildman–Crippen LogP) is 1.29. The van der Waals surface area contributed by atoms with Crippen LogP contribution in [-0.2, 0) is 16.1 Å². The van der Waals surface area contributed by atoms with Crippen LogP contribution in [0.1, 0.15) is 22.8 Å². The van der Waals surface area contributed by atoms with Crippen LogP contribution in [0.25, 0.3) is 0 Å². The topological polar surface area (TPSA) is 105 Å². The van der Waals surface area contributed by atoms with E-state index in [-0.39, 0.29) is 5.56 Å². The second kappa shape index (κ2) is 9.16. The molecule has 7 heteroatoms. The fraction of sp³-hybridized carbons (Fsp3) is 0.381. The van der Waals surface area contributed by atoms with Crippen LogP contribution in [0.5, 0.6) is 5.75 Å². The summed E-state index contributed by atoms with van der Waals surface area (Å²) in [5.41, 5.74) is 1.28. The summed E-state index contributed by atoms with van der Waals surface area (Å²) in [6.45, 7) is 1.55. The van der Waals surface area contributed by atoms with Gasteiger partial charge in [0, 0.05) is 0 Å². The predicted molar refractivity (Wildman–Crippen MR) is 99.9 cm³/mol. The third kappa shape index (κ3) is 4.69. The van der Waals surface area contributed by atoms with Crippen molar-refractivity contribution in [2.45, 2.75) is 44.1 Å². The van der Waals surface area contributed by atoms with Gasteiger partial charge in [-0.15, -0.1) is 0 Å². The lowest BCUT2D eigenvalue weighted by atomic mass is 9.95. The first-order valence-electron chi connectivity index (χ1n) is 9.10. The molecule has 1 aliphatic heterocycles. The zero-order valence-corrected chi connectivity index (χ0v) is 15.5. The molecule has 2 aromatic carbocycles. The monoisotopic (exact) mass is 388 g/mol. The first-order chi connectivity index (χ1) is 13.5. The summed E-state index contributed by atoms with van der Waals surface area (Å²) in [5, 5.41) is 29.6. The lowest BCUT2D eigenvalue weighted by Crippen LogP contribution is -2.59. The molecule has 150 valence electrons. The van der Waals surface area contributed by atoms with Crippen LogP contribution >= 0.6 is 0 Å². The van der Waals surface area contributed by atoms with Gasteiger partial charge in [-0.05, 0) is 36.8 Å². The third-order valence-corrected chi connectivity index (χ3v) is 4.69. The highest BCUT2D eigenvalue weighted by molar-refractivity contribution is 5.89. The summed E-state index contributed by atoms with van der Waals surface area (Å²) in [7, 11) is 0. The van der Waals surface area contributed by atoms with Gasteiger partial charge in [0.05, 0.1) is 18.3 Å². The Morgan fingerprint density at radius 1 is 1.04 bits per heavy atom. The fourth-order valence-electron chi connectivity index (χ4n) is 3.03. The zero-order chi connectivity index (χ0) is 20.1. The summed E-state index contributed by atoms with van der Waals surface area (Å²) in [4.78, 5) is 12.4. The Morgan fingerprint density at radius 2 is 1.71 bits per heavy atom. The maximum atomic E-state index is 12.4. The number of aliphatic hydroxyl groups is 3. The molecule has 7 nitrogen and oxygen atoms in total. The number of aliphatic hydroxyl groups excluding tert-OH is 3. The molecule has 0 bridgehead atoms. The zero-order valence-electron chi connectivity index (χ0n) is 15.5. The number of ether oxygens (including phenoxy) is 3. The van der Waals surface area contributed by atoms with Crippen molar-refractivity contribution in [1.82, 2.24) is 0 Å². The van der Waals surface area contributed by atoms with E-state index in [0.29, 0.717) is 12.4 Å². The molecule has 5 atom stereocenters. The molecule has 1 aliphatic rings. The van der Waals surface area contributed by atoms with Gasteiger partial charge in [-0.3, -0.25) is 0 Å². The third-order valence-electron chi connectivity index (χ3n) is 4.69. The van der Waals surface area contributed by atoms with Crippen LogP contribution in [0.3, 0.4) is 0 Å². The van der Waals surface area contributed by atoms with E-state index < -0.39 is 43.1 Å². The number of rotatable bonds is 6. The maximum absolute atomic E-state index is 12.4. The fourth-order valence-corrected chi connectivity index (χ4v) is 3.03. The summed E-state index contributed by atoms with van der Waals surface area (Å²) in [6, 6.07) is 16.1. The summed E-state index contributed by atoms with van der Waals surface area (Å²) in [5.74, 6) is -0.0935. The highest BCUT2D eigenvalue weighted by Gasteiger charge is 2.44. The normalized spacial score (nSPS) is 27.2. The average Bonchev–Trinajstić information content (AvgIpc) is 2.73. The van der Waals surface area contributed by atoms with Crippen molar-refractivity contribution < 1.29 is 34.3 Å². The Balaban J connectivity index is 1.61. The number of esters is 1. The molecule has 0 amide bonds. The summed E-state index contributed by atoms with van der Waals surface area (Å²) in [6.07, 6.45) is -5.33. The maximum Gasteiger partial charge on any atom is 0.338 e. The van der Waals surface area contributed by atoms with E-state index in [1.807, 2.05) is 30.3 Å². The van der Waals surface area contributed by atoms with Crippen LogP contribution in [0.15, 0.2) is 54.6 Å². The molecule has 3 N–H and O–H groups in total. The first-order valence-corrected chi connectivity index (χ1v) is 9.10. The molecule has 1 heterocycles. The average molecular weight is 388 g/mol. The summed E-state index contributed by atoms with van der Waals surface area (Å²) < 4.78 is 16.3. The lowest BCUT2D eigenvalue weighted by molar-refractivity contribution is -0.224. The van der Waals surface area contributed by atoms with Crippen LogP contribution in [0.4, 0.5) is 0 Å². The van der Waals surface area contributed by atoms with Crippen LogP contribution < -0.4 is 4.74 Å². The van der Waals surface area contributed by atoms with E-state index in [0.717, 1.165) is 5.56 Å². The summed E-state index contributed by atoms with van der Waals surface area (Å²) >= 11 is 0. The number of hydrogen-bond acceptors (Lipinski definition) is 7. The standard InChI is InChI=1S/C21H24O7/c1-13-18(23)20(19(24)17(11-22)27-13)28-21(25)15-7-9-16(10-8-15)26-12-14-5-3-2-4-6-14/h2-10,13,17-20,22-24H,11-12H2,1H3/t13?,17-,18+,19-,20-/m1/s1. The van der Waals surface area contributed by atoms with E-state index in [9.17, 15) is 20.1 Å². The quantitative estimate of drug-likeness (QED) is 0.641. The van der Waals surface area contributed by atoms with E-state index in [2.05, 4.69) is 0 Å². The Hall–Kier alpha value is -2.45. The molecule has 0 radical (unpaired) electrons. The molecule has 0 aliphatic carbocycles. The molecule has 1 fully saturated rings. The van der Waals surface area contributed by atoms with Crippen molar-refractivity contribution in [2.75, 3.05) is 6.61 Å². The van der Waals surface area contributed by atoms with Crippen molar-refractivity contribution >= 4 is 5.97 Å². The van der Waals surface area contributed by atoms with Gasteiger partial charge in [-0.25, -0.2) is 4.79 Å². The molecule has 2 aromatic rings. The minimum Gasteiger partial charge on any atom is -0.489 e. The van der Waals surface area contributed by atoms with Crippen molar-refractivity contribution in [3.05, 3.63) is 65.7 Å².